The molecule has 0 saturated heterocycles. The van der Waals surface area contributed by atoms with E-state index in [1.807, 2.05) is 0 Å². The van der Waals surface area contributed by atoms with Gasteiger partial charge < -0.3 is 0 Å². The second kappa shape index (κ2) is 4.04. The predicted octanol–water partition coefficient (Wildman–Crippen LogP) is 6.60. The molecule has 4 heteroatoms. The minimum atomic E-state index is -0.550. The van der Waals surface area contributed by atoms with Crippen LogP contribution < -0.4 is 0 Å². The number of alkyl halides is 4. The fourth-order valence-corrected chi connectivity index (χ4v) is 8.30. The van der Waals surface area contributed by atoms with Gasteiger partial charge in [0.05, 0.1) is 0 Å². The minimum Gasteiger partial charge on any atom is -0.101 e. The second-order valence-corrected chi connectivity index (χ2v) is 11.9. The van der Waals surface area contributed by atoms with Crippen LogP contribution in [-0.4, -0.2) is 8.67 Å². The van der Waals surface area contributed by atoms with E-state index >= 15 is 0 Å². The maximum atomic E-state index is 6.74. The van der Waals surface area contributed by atoms with Gasteiger partial charge >= 0.3 is 0 Å². The third-order valence-electron chi connectivity index (χ3n) is 7.72. The Bertz CT molecular complexity index is 497. The van der Waals surface area contributed by atoms with E-state index in [1.165, 1.54) is 25.7 Å². The van der Waals surface area contributed by atoms with Crippen molar-refractivity contribution in [3.63, 3.8) is 0 Å². The van der Waals surface area contributed by atoms with Crippen LogP contribution in [0.15, 0.2) is 0 Å². The van der Waals surface area contributed by atoms with Crippen molar-refractivity contribution in [3.05, 3.63) is 0 Å². The van der Waals surface area contributed by atoms with Gasteiger partial charge in [0.1, 0.15) is 8.67 Å². The van der Waals surface area contributed by atoms with Gasteiger partial charge in [-0.05, 0) is 49.4 Å². The summed E-state index contributed by atoms with van der Waals surface area (Å²) in [6, 6.07) is 0. The highest BCUT2D eigenvalue weighted by atomic mass is 35.5. The van der Waals surface area contributed by atoms with E-state index in [0.717, 1.165) is 12.8 Å². The Morgan fingerprint density at radius 1 is 0.905 bits per heavy atom. The summed E-state index contributed by atoms with van der Waals surface area (Å²) < 4.78 is -1.06. The molecule has 4 aliphatic carbocycles. The molecule has 0 aromatic rings. The molecule has 0 heterocycles. The first-order chi connectivity index (χ1) is 9.50. The molecule has 4 aliphatic rings. The van der Waals surface area contributed by atoms with Crippen molar-refractivity contribution in [2.24, 2.45) is 34.0 Å². The zero-order valence-corrected chi connectivity index (χ0v) is 16.0. The Hall–Kier alpha value is 1.16. The highest BCUT2D eigenvalue weighted by Crippen LogP contribution is 2.84. The molecule has 4 saturated carbocycles. The van der Waals surface area contributed by atoms with E-state index in [4.69, 9.17) is 46.4 Å². The summed E-state index contributed by atoms with van der Waals surface area (Å²) in [4.78, 5) is 0. The summed E-state index contributed by atoms with van der Waals surface area (Å²) in [5.74, 6) is 1.54. The Kier molecular flexibility index (Phi) is 3.01. The van der Waals surface area contributed by atoms with Crippen molar-refractivity contribution in [2.75, 3.05) is 0 Å². The monoisotopic (exact) mass is 368 g/mol. The molecule has 120 valence electrons. The van der Waals surface area contributed by atoms with Crippen LogP contribution in [0.3, 0.4) is 0 Å². The molecule has 5 atom stereocenters. The van der Waals surface area contributed by atoms with Crippen molar-refractivity contribution >= 4 is 46.4 Å². The lowest BCUT2D eigenvalue weighted by Crippen LogP contribution is -2.40. The normalized spacial score (nSPS) is 55.3. The molecule has 21 heavy (non-hydrogen) atoms. The summed E-state index contributed by atoms with van der Waals surface area (Å²) >= 11 is 26.7. The van der Waals surface area contributed by atoms with Gasteiger partial charge in [-0.15, -0.1) is 46.4 Å². The van der Waals surface area contributed by atoms with Crippen LogP contribution in [0, 0.1) is 34.0 Å². The summed E-state index contributed by atoms with van der Waals surface area (Å²) in [6.07, 6.45) is 6.89. The number of rotatable bonds is 0. The van der Waals surface area contributed by atoms with Gasteiger partial charge in [0.25, 0.3) is 0 Å². The third-order valence-corrected chi connectivity index (χ3v) is 10.1. The highest BCUT2D eigenvalue weighted by molar-refractivity contribution is 6.52. The summed E-state index contributed by atoms with van der Waals surface area (Å²) in [5.41, 5.74) is 0.497. The lowest BCUT2D eigenvalue weighted by molar-refractivity contribution is 0.0309. The van der Waals surface area contributed by atoms with E-state index in [1.54, 1.807) is 0 Å². The first-order valence-electron chi connectivity index (χ1n) is 8.25. The lowest BCUT2D eigenvalue weighted by atomic mass is 9.59. The fourth-order valence-electron chi connectivity index (χ4n) is 6.28. The topological polar surface area (TPSA) is 0 Å². The van der Waals surface area contributed by atoms with Gasteiger partial charge in [0, 0.05) is 16.7 Å². The van der Waals surface area contributed by atoms with Crippen LogP contribution in [-0.2, 0) is 0 Å². The summed E-state index contributed by atoms with van der Waals surface area (Å²) in [5, 5.41) is 0. The van der Waals surface area contributed by atoms with Crippen molar-refractivity contribution in [2.45, 2.75) is 68.0 Å². The van der Waals surface area contributed by atoms with Crippen LogP contribution in [0.1, 0.15) is 59.3 Å². The first kappa shape index (κ1) is 15.7. The van der Waals surface area contributed by atoms with Crippen molar-refractivity contribution < 1.29 is 0 Å². The van der Waals surface area contributed by atoms with E-state index in [9.17, 15) is 0 Å². The molecule has 0 radical (unpaired) electrons. The number of hydrogen-bond acceptors (Lipinski definition) is 0. The molecule has 0 N–H and O–H groups in total. The number of halogens is 4. The van der Waals surface area contributed by atoms with Crippen LogP contribution in [0.25, 0.3) is 0 Å². The zero-order valence-electron chi connectivity index (χ0n) is 13.0. The molecule has 0 nitrogen and oxygen atoms in total. The SMILES string of the molecule is CC1(C)CCC[C@@]2(CC2(Cl)Cl)[C@H]2CC[C@@]3(C)[C@@H]([C@H]21)C3(Cl)Cl. The molecular weight excluding hydrogens is 346 g/mol. The van der Waals surface area contributed by atoms with Crippen LogP contribution in [0.5, 0.6) is 0 Å². The Morgan fingerprint density at radius 2 is 1.52 bits per heavy atom. The predicted molar refractivity (Wildman–Crippen MR) is 91.4 cm³/mol. The lowest BCUT2D eigenvalue weighted by Gasteiger charge is -2.45. The minimum absolute atomic E-state index is 0.0935. The molecule has 0 bridgehead atoms. The third kappa shape index (κ3) is 1.72. The van der Waals surface area contributed by atoms with Gasteiger partial charge in [-0.3, -0.25) is 0 Å². The molecular formula is C17H24Cl4. The average Bonchev–Trinajstić information content (AvgIpc) is 3.07. The zero-order chi connectivity index (χ0) is 15.5. The standard InChI is InChI=1S/C17H24Cl4/c1-13(2)6-4-7-15(9-16(15,18)19)10-5-8-14(3)12(11(10)13)17(14,20)21/h10-12H,4-9H2,1-3H3/t10-,11-,12+,14-,15+/m0/s1. The Labute approximate surface area is 148 Å². The first-order valence-corrected chi connectivity index (χ1v) is 9.77. The van der Waals surface area contributed by atoms with Gasteiger partial charge in [-0.2, -0.15) is 0 Å². The van der Waals surface area contributed by atoms with Crippen LogP contribution in [0.4, 0.5) is 0 Å². The molecule has 0 aromatic carbocycles. The van der Waals surface area contributed by atoms with Crippen molar-refractivity contribution in [1.29, 1.82) is 0 Å². The van der Waals surface area contributed by atoms with E-state index in [-0.39, 0.29) is 16.2 Å². The molecule has 0 aliphatic heterocycles. The molecule has 0 unspecified atom stereocenters. The second-order valence-electron chi connectivity index (χ2n) is 9.07. The quantitative estimate of drug-likeness (QED) is 0.422. The molecule has 1 spiro atoms. The van der Waals surface area contributed by atoms with Crippen molar-refractivity contribution in [3.8, 4) is 0 Å². The van der Waals surface area contributed by atoms with E-state index in [2.05, 4.69) is 20.8 Å². The Balaban J connectivity index is 1.78. The molecule has 4 rings (SSSR count). The molecule has 0 aromatic heterocycles. The fraction of sp³-hybridized carbons (Fsp3) is 1.00. The largest absolute Gasteiger partial charge is 0.127 e. The maximum absolute atomic E-state index is 6.74. The Morgan fingerprint density at radius 3 is 2.10 bits per heavy atom. The van der Waals surface area contributed by atoms with Gasteiger partial charge in [-0.25, -0.2) is 0 Å². The van der Waals surface area contributed by atoms with Gasteiger partial charge in [0.2, 0.25) is 0 Å². The smallest absolute Gasteiger partial charge is 0.101 e. The molecule has 4 fully saturated rings. The summed E-state index contributed by atoms with van der Waals surface area (Å²) in [7, 11) is 0. The van der Waals surface area contributed by atoms with E-state index in [0.29, 0.717) is 17.8 Å². The number of hydrogen-bond donors (Lipinski definition) is 0. The molecule has 0 amide bonds. The van der Waals surface area contributed by atoms with Gasteiger partial charge in [0.15, 0.2) is 0 Å². The maximum Gasteiger partial charge on any atom is 0.127 e. The van der Waals surface area contributed by atoms with Crippen LogP contribution >= 0.6 is 46.4 Å². The van der Waals surface area contributed by atoms with Crippen LogP contribution in [0.2, 0.25) is 0 Å². The van der Waals surface area contributed by atoms with Crippen molar-refractivity contribution in [1.82, 2.24) is 0 Å². The van der Waals surface area contributed by atoms with E-state index < -0.39 is 8.67 Å². The van der Waals surface area contributed by atoms with Gasteiger partial charge in [-0.1, -0.05) is 27.2 Å². The average molecular weight is 370 g/mol. The number of fused-ring (bicyclic) bond motifs is 4. The summed E-state index contributed by atoms with van der Waals surface area (Å²) in [6.45, 7) is 7.09. The highest BCUT2D eigenvalue weighted by Gasteiger charge is 2.82.